The van der Waals surface area contributed by atoms with E-state index in [1.165, 1.54) is 11.1 Å². The number of nitrogens with zero attached hydrogens (tertiary/aromatic N) is 2. The quantitative estimate of drug-likeness (QED) is 0.205. The number of amides is 1. The SMILES string of the molecule is CCN(Cc1ccc(C(=O)NCc2cccc(CN)c2)cc1)c1nc(-c2ccc(-c3ccccc3)cc2)cs1. The molecule has 0 atom stereocenters. The molecule has 0 saturated carbocycles. The van der Waals surface area contributed by atoms with Crippen LogP contribution in [-0.2, 0) is 19.6 Å². The number of anilines is 1. The molecule has 0 bridgehead atoms. The van der Waals surface area contributed by atoms with Gasteiger partial charge in [0.05, 0.1) is 5.69 Å². The first-order chi connectivity index (χ1) is 19.1. The fourth-order valence-electron chi connectivity index (χ4n) is 4.45. The molecule has 0 spiro atoms. The minimum absolute atomic E-state index is 0.0881. The Bertz CT molecular complexity index is 1510. The van der Waals surface area contributed by atoms with E-state index in [9.17, 15) is 4.79 Å². The Hall–Kier alpha value is -4.26. The van der Waals surface area contributed by atoms with Crippen LogP contribution in [0.5, 0.6) is 0 Å². The second-order valence-electron chi connectivity index (χ2n) is 9.38. The Kier molecular flexibility index (Phi) is 8.46. The summed E-state index contributed by atoms with van der Waals surface area (Å²) in [4.78, 5) is 19.9. The number of rotatable bonds is 10. The lowest BCUT2D eigenvalue weighted by molar-refractivity contribution is 0.0951. The molecule has 0 aliphatic heterocycles. The van der Waals surface area contributed by atoms with E-state index in [1.807, 2.05) is 54.6 Å². The molecule has 6 heteroatoms. The van der Waals surface area contributed by atoms with Crippen molar-refractivity contribution in [2.75, 3.05) is 11.4 Å². The van der Waals surface area contributed by atoms with Gasteiger partial charge in [-0.3, -0.25) is 4.79 Å². The summed E-state index contributed by atoms with van der Waals surface area (Å²) in [6, 6.07) is 34.7. The van der Waals surface area contributed by atoms with Crippen LogP contribution in [0.4, 0.5) is 5.13 Å². The first-order valence-corrected chi connectivity index (χ1v) is 14.0. The van der Waals surface area contributed by atoms with Gasteiger partial charge in [0.25, 0.3) is 5.91 Å². The largest absolute Gasteiger partial charge is 0.348 e. The summed E-state index contributed by atoms with van der Waals surface area (Å²) in [5, 5.41) is 6.10. The molecule has 0 aliphatic carbocycles. The summed E-state index contributed by atoms with van der Waals surface area (Å²) in [7, 11) is 0. The molecule has 5 aromatic rings. The van der Waals surface area contributed by atoms with Crippen LogP contribution in [0.3, 0.4) is 0 Å². The maximum absolute atomic E-state index is 12.7. The highest BCUT2D eigenvalue weighted by molar-refractivity contribution is 7.14. The number of thiazole rings is 1. The van der Waals surface area contributed by atoms with Gasteiger partial charge in [0.15, 0.2) is 5.13 Å². The minimum atomic E-state index is -0.0881. The summed E-state index contributed by atoms with van der Waals surface area (Å²) in [6.45, 7) is 4.66. The van der Waals surface area contributed by atoms with Crippen LogP contribution >= 0.6 is 11.3 Å². The van der Waals surface area contributed by atoms with E-state index in [4.69, 9.17) is 10.7 Å². The minimum Gasteiger partial charge on any atom is -0.348 e. The van der Waals surface area contributed by atoms with Gasteiger partial charge in [-0.1, -0.05) is 91.0 Å². The summed E-state index contributed by atoms with van der Waals surface area (Å²) in [5.74, 6) is -0.0881. The number of benzene rings is 4. The molecule has 5 rings (SSSR count). The zero-order valence-electron chi connectivity index (χ0n) is 22.0. The number of nitrogens with one attached hydrogen (secondary N) is 1. The van der Waals surface area contributed by atoms with Gasteiger partial charge in [-0.2, -0.15) is 0 Å². The number of hydrogen-bond donors (Lipinski definition) is 2. The maximum atomic E-state index is 12.7. The molecule has 4 aromatic carbocycles. The van der Waals surface area contributed by atoms with Crippen LogP contribution in [-0.4, -0.2) is 17.4 Å². The Morgan fingerprint density at radius 2 is 1.51 bits per heavy atom. The standard InChI is InChI=1S/C33H32N4OS/c1-2-37(33-36-31(23-39-33)29-17-15-28(16-18-29)27-9-4-3-5-10-27)22-24-11-13-30(14-12-24)32(38)35-21-26-8-6-7-25(19-26)20-34/h3-19,23H,2,20-22,34H2,1H3,(H,35,38). The monoisotopic (exact) mass is 532 g/mol. The van der Waals surface area contributed by atoms with Gasteiger partial charge in [-0.05, 0) is 46.9 Å². The number of aromatic nitrogens is 1. The van der Waals surface area contributed by atoms with E-state index in [-0.39, 0.29) is 5.91 Å². The number of nitrogens with two attached hydrogens (primary N) is 1. The van der Waals surface area contributed by atoms with E-state index in [1.54, 1.807) is 11.3 Å². The molecule has 0 aliphatic rings. The Balaban J connectivity index is 1.20. The molecule has 5 nitrogen and oxygen atoms in total. The molecule has 0 fully saturated rings. The van der Waals surface area contributed by atoms with Crippen LogP contribution in [0.1, 0.15) is 34.0 Å². The van der Waals surface area contributed by atoms with Crippen molar-refractivity contribution < 1.29 is 4.79 Å². The molecule has 0 saturated heterocycles. The van der Waals surface area contributed by atoms with E-state index >= 15 is 0 Å². The van der Waals surface area contributed by atoms with Crippen molar-refractivity contribution >= 4 is 22.4 Å². The molecule has 3 N–H and O–H groups in total. The van der Waals surface area contributed by atoms with Crippen molar-refractivity contribution in [1.29, 1.82) is 0 Å². The van der Waals surface area contributed by atoms with Crippen molar-refractivity contribution in [1.82, 2.24) is 10.3 Å². The van der Waals surface area contributed by atoms with Gasteiger partial charge in [0, 0.05) is 42.7 Å². The van der Waals surface area contributed by atoms with Gasteiger partial charge < -0.3 is 16.0 Å². The molecule has 0 unspecified atom stereocenters. The summed E-state index contributed by atoms with van der Waals surface area (Å²) >= 11 is 1.65. The summed E-state index contributed by atoms with van der Waals surface area (Å²) < 4.78 is 0. The lowest BCUT2D eigenvalue weighted by atomic mass is 10.0. The van der Waals surface area contributed by atoms with Crippen molar-refractivity contribution in [3.05, 3.63) is 131 Å². The van der Waals surface area contributed by atoms with Crippen LogP contribution in [0.15, 0.2) is 109 Å². The zero-order valence-corrected chi connectivity index (χ0v) is 22.8. The molecule has 196 valence electrons. The second kappa shape index (κ2) is 12.5. The Morgan fingerprint density at radius 1 is 0.821 bits per heavy atom. The first kappa shape index (κ1) is 26.4. The van der Waals surface area contributed by atoms with Gasteiger partial charge >= 0.3 is 0 Å². The van der Waals surface area contributed by atoms with Gasteiger partial charge in [-0.15, -0.1) is 11.3 Å². The second-order valence-corrected chi connectivity index (χ2v) is 10.2. The number of carbonyl (C=O) groups is 1. The Labute approximate surface area is 234 Å². The van der Waals surface area contributed by atoms with E-state index in [0.29, 0.717) is 18.7 Å². The van der Waals surface area contributed by atoms with Crippen molar-refractivity contribution in [2.24, 2.45) is 5.73 Å². The predicted molar refractivity (Wildman–Crippen MR) is 162 cm³/mol. The molecule has 1 heterocycles. The Morgan fingerprint density at radius 3 is 2.23 bits per heavy atom. The maximum Gasteiger partial charge on any atom is 0.251 e. The van der Waals surface area contributed by atoms with Gasteiger partial charge in [0.1, 0.15) is 0 Å². The average Bonchev–Trinajstić information content (AvgIpc) is 3.50. The number of hydrogen-bond acceptors (Lipinski definition) is 5. The summed E-state index contributed by atoms with van der Waals surface area (Å²) in [6.07, 6.45) is 0. The van der Waals surface area contributed by atoms with Gasteiger partial charge in [-0.25, -0.2) is 4.98 Å². The smallest absolute Gasteiger partial charge is 0.251 e. The van der Waals surface area contributed by atoms with Crippen molar-refractivity contribution in [2.45, 2.75) is 26.6 Å². The first-order valence-electron chi connectivity index (χ1n) is 13.1. The third kappa shape index (κ3) is 6.60. The highest BCUT2D eigenvalue weighted by Gasteiger charge is 2.13. The molecule has 1 amide bonds. The highest BCUT2D eigenvalue weighted by atomic mass is 32.1. The van der Waals surface area contributed by atoms with Crippen LogP contribution in [0.2, 0.25) is 0 Å². The third-order valence-electron chi connectivity index (χ3n) is 6.70. The normalized spacial score (nSPS) is 10.8. The van der Waals surface area contributed by atoms with Crippen LogP contribution in [0.25, 0.3) is 22.4 Å². The summed E-state index contributed by atoms with van der Waals surface area (Å²) in [5.41, 5.74) is 14.1. The number of carbonyl (C=O) groups excluding carboxylic acids is 1. The van der Waals surface area contributed by atoms with Crippen molar-refractivity contribution in [3.63, 3.8) is 0 Å². The average molecular weight is 533 g/mol. The molecule has 39 heavy (non-hydrogen) atoms. The molecular weight excluding hydrogens is 500 g/mol. The third-order valence-corrected chi connectivity index (χ3v) is 7.60. The van der Waals surface area contributed by atoms with Crippen molar-refractivity contribution in [3.8, 4) is 22.4 Å². The van der Waals surface area contributed by atoms with Crippen LogP contribution in [0, 0.1) is 0 Å². The predicted octanol–water partition coefficient (Wildman–Crippen LogP) is 6.89. The fourth-order valence-corrected chi connectivity index (χ4v) is 5.35. The van der Waals surface area contributed by atoms with Gasteiger partial charge in [0.2, 0.25) is 0 Å². The molecule has 1 aromatic heterocycles. The lowest BCUT2D eigenvalue weighted by Crippen LogP contribution is -2.23. The van der Waals surface area contributed by atoms with E-state index < -0.39 is 0 Å². The van der Waals surface area contributed by atoms with E-state index in [0.717, 1.165) is 46.2 Å². The highest BCUT2D eigenvalue weighted by Crippen LogP contribution is 2.30. The lowest BCUT2D eigenvalue weighted by Gasteiger charge is -2.20. The molecular formula is C33H32N4OS. The topological polar surface area (TPSA) is 71.2 Å². The van der Waals surface area contributed by atoms with Crippen LogP contribution < -0.4 is 16.0 Å². The zero-order chi connectivity index (χ0) is 27.0. The van der Waals surface area contributed by atoms with E-state index in [2.05, 4.69) is 71.1 Å². The molecule has 0 radical (unpaired) electrons. The fraction of sp³-hybridized carbons (Fsp3) is 0.152.